The summed E-state index contributed by atoms with van der Waals surface area (Å²) < 4.78 is 2.14. The molecule has 0 fully saturated rings. The highest BCUT2D eigenvalue weighted by atomic mass is 79.9. The molecule has 1 aliphatic rings. The molecule has 2 N–H and O–H groups in total. The average Bonchev–Trinajstić information content (AvgIpc) is 3.03. The number of aromatic nitrogens is 2. The molecule has 1 aliphatic carbocycles. The third kappa shape index (κ3) is 3.47. The van der Waals surface area contributed by atoms with Gasteiger partial charge < -0.3 is 5.32 Å². The molecule has 0 bridgehead atoms. The number of thiocarbonyl (C=S) groups is 1. The number of hydrogen-bond donors (Lipinski definition) is 2. The van der Waals surface area contributed by atoms with E-state index < -0.39 is 0 Å². The van der Waals surface area contributed by atoms with E-state index in [9.17, 15) is 10.1 Å². The zero-order chi connectivity index (χ0) is 18.1. The maximum atomic E-state index is 12.5. The van der Waals surface area contributed by atoms with Gasteiger partial charge in [-0.1, -0.05) is 0 Å². The van der Waals surface area contributed by atoms with Crippen molar-refractivity contribution in [3.8, 4) is 6.07 Å². The van der Waals surface area contributed by atoms with Crippen LogP contribution in [0.1, 0.15) is 45.0 Å². The summed E-state index contributed by atoms with van der Waals surface area (Å²) >= 11 is 10.2. The summed E-state index contributed by atoms with van der Waals surface area (Å²) in [5.41, 5.74) is 2.89. The topological polar surface area (TPSA) is 82.7 Å². The first-order chi connectivity index (χ1) is 11.9. The maximum Gasteiger partial charge on any atom is 0.276 e. The molecule has 0 saturated heterocycles. The number of amides is 1. The molecular formula is C16H16BrN5OS2. The predicted octanol–water partition coefficient (Wildman–Crippen LogP) is 3.43. The zero-order valence-electron chi connectivity index (χ0n) is 13.8. The highest BCUT2D eigenvalue weighted by molar-refractivity contribution is 9.10. The smallest absolute Gasteiger partial charge is 0.276 e. The van der Waals surface area contributed by atoms with E-state index in [0.29, 0.717) is 20.7 Å². The minimum absolute atomic E-state index is 0.172. The van der Waals surface area contributed by atoms with Gasteiger partial charge in [0.2, 0.25) is 0 Å². The van der Waals surface area contributed by atoms with Gasteiger partial charge in [0.05, 0.1) is 15.7 Å². The van der Waals surface area contributed by atoms with Gasteiger partial charge in [-0.2, -0.15) is 10.4 Å². The lowest BCUT2D eigenvalue weighted by Gasteiger charge is -2.10. The second kappa shape index (κ2) is 7.23. The fourth-order valence-corrected chi connectivity index (χ4v) is 4.97. The van der Waals surface area contributed by atoms with Gasteiger partial charge in [0.25, 0.3) is 5.91 Å². The SMILES string of the molecule is Cc1nn(C)c(C(=O)NC(=S)Nc2sc3c(c2C#N)CCCC3)c1Br. The Kier molecular flexibility index (Phi) is 5.22. The van der Waals surface area contributed by atoms with Crippen LogP contribution in [0.25, 0.3) is 0 Å². The van der Waals surface area contributed by atoms with E-state index >= 15 is 0 Å². The third-order valence-electron chi connectivity index (χ3n) is 4.10. The number of thiophene rings is 1. The first-order valence-electron chi connectivity index (χ1n) is 7.78. The average molecular weight is 438 g/mol. The molecule has 0 aromatic carbocycles. The number of aryl methyl sites for hydroxylation is 3. The molecule has 3 rings (SSSR count). The number of nitrogens with one attached hydrogen (secondary N) is 2. The molecular weight excluding hydrogens is 422 g/mol. The van der Waals surface area contributed by atoms with Gasteiger partial charge >= 0.3 is 0 Å². The van der Waals surface area contributed by atoms with Crippen LogP contribution in [0.15, 0.2) is 4.47 Å². The first kappa shape index (κ1) is 18.0. The summed E-state index contributed by atoms with van der Waals surface area (Å²) in [7, 11) is 1.70. The molecule has 25 heavy (non-hydrogen) atoms. The summed E-state index contributed by atoms with van der Waals surface area (Å²) in [6, 6.07) is 2.27. The first-order valence-corrected chi connectivity index (χ1v) is 9.80. The number of nitrogens with zero attached hydrogens (tertiary/aromatic N) is 3. The van der Waals surface area contributed by atoms with E-state index in [0.717, 1.165) is 36.9 Å². The van der Waals surface area contributed by atoms with Gasteiger partial charge in [-0.3, -0.25) is 14.8 Å². The maximum absolute atomic E-state index is 12.5. The summed E-state index contributed by atoms with van der Waals surface area (Å²) in [6.07, 6.45) is 4.17. The van der Waals surface area contributed by atoms with Crippen molar-refractivity contribution in [2.24, 2.45) is 7.05 Å². The number of hydrogen-bond acceptors (Lipinski definition) is 5. The summed E-state index contributed by atoms with van der Waals surface area (Å²) in [6.45, 7) is 1.81. The van der Waals surface area contributed by atoms with Gasteiger partial charge in [-0.15, -0.1) is 11.3 Å². The fourth-order valence-electron chi connectivity index (χ4n) is 2.95. The van der Waals surface area contributed by atoms with Crippen LogP contribution in [-0.2, 0) is 19.9 Å². The van der Waals surface area contributed by atoms with Crippen molar-refractivity contribution >= 4 is 55.5 Å². The summed E-state index contributed by atoms with van der Waals surface area (Å²) in [5.74, 6) is -0.354. The number of anilines is 1. The highest BCUT2D eigenvalue weighted by Gasteiger charge is 2.23. The molecule has 0 spiro atoms. The number of rotatable bonds is 2. The van der Waals surface area contributed by atoms with Crippen molar-refractivity contribution in [1.29, 1.82) is 5.26 Å². The Morgan fingerprint density at radius 2 is 2.16 bits per heavy atom. The van der Waals surface area contributed by atoms with Crippen molar-refractivity contribution in [1.82, 2.24) is 15.1 Å². The van der Waals surface area contributed by atoms with E-state index in [-0.39, 0.29) is 11.0 Å². The standard InChI is InChI=1S/C16H16BrN5OS2/c1-8-12(17)13(22(2)21-8)14(23)19-16(24)20-15-10(7-18)9-5-3-4-6-11(9)25-15/h3-6H2,1-2H3,(H2,19,20,23,24). The second-order valence-electron chi connectivity index (χ2n) is 5.81. The Hall–Kier alpha value is -1.76. The summed E-state index contributed by atoms with van der Waals surface area (Å²) in [4.78, 5) is 13.7. The predicted molar refractivity (Wildman–Crippen MR) is 105 cm³/mol. The number of fused-ring (bicyclic) bond motifs is 1. The highest BCUT2D eigenvalue weighted by Crippen LogP contribution is 2.37. The molecule has 0 aliphatic heterocycles. The minimum atomic E-state index is -0.354. The lowest BCUT2D eigenvalue weighted by molar-refractivity contribution is 0.0968. The number of carbonyl (C=O) groups is 1. The van der Waals surface area contributed by atoms with Gasteiger partial charge in [0.1, 0.15) is 16.8 Å². The van der Waals surface area contributed by atoms with Crippen molar-refractivity contribution in [3.05, 3.63) is 31.9 Å². The number of halogens is 1. The quantitative estimate of drug-likeness (QED) is 0.703. The summed E-state index contributed by atoms with van der Waals surface area (Å²) in [5, 5.41) is 20.2. The Morgan fingerprint density at radius 1 is 1.44 bits per heavy atom. The fraction of sp³-hybridized carbons (Fsp3) is 0.375. The van der Waals surface area contributed by atoms with Gasteiger partial charge in [0, 0.05) is 11.9 Å². The van der Waals surface area contributed by atoms with Crippen molar-refractivity contribution < 1.29 is 4.79 Å². The van der Waals surface area contributed by atoms with Crippen molar-refractivity contribution in [2.75, 3.05) is 5.32 Å². The van der Waals surface area contributed by atoms with Gasteiger partial charge in [-0.25, -0.2) is 0 Å². The van der Waals surface area contributed by atoms with Crippen LogP contribution < -0.4 is 10.6 Å². The molecule has 6 nitrogen and oxygen atoms in total. The molecule has 0 saturated carbocycles. The molecule has 2 aromatic rings. The lowest BCUT2D eigenvalue weighted by atomic mass is 9.96. The van der Waals surface area contributed by atoms with E-state index in [1.54, 1.807) is 18.4 Å². The van der Waals surface area contributed by atoms with Gasteiger partial charge in [0.15, 0.2) is 5.11 Å². The second-order valence-corrected chi connectivity index (χ2v) is 8.11. The molecule has 0 radical (unpaired) electrons. The van der Waals surface area contributed by atoms with E-state index in [1.165, 1.54) is 9.56 Å². The molecule has 0 atom stereocenters. The Balaban J connectivity index is 1.76. The van der Waals surface area contributed by atoms with Crippen LogP contribution in [0.4, 0.5) is 5.00 Å². The monoisotopic (exact) mass is 437 g/mol. The van der Waals surface area contributed by atoms with E-state index in [2.05, 4.69) is 37.7 Å². The Morgan fingerprint density at radius 3 is 2.80 bits per heavy atom. The zero-order valence-corrected chi connectivity index (χ0v) is 17.0. The van der Waals surface area contributed by atoms with Crippen LogP contribution in [0.3, 0.4) is 0 Å². The van der Waals surface area contributed by atoms with Crippen LogP contribution in [0.5, 0.6) is 0 Å². The molecule has 0 unspecified atom stereocenters. The Labute approximate surface area is 163 Å². The van der Waals surface area contributed by atoms with Crippen LogP contribution >= 0.6 is 39.5 Å². The lowest BCUT2D eigenvalue weighted by Crippen LogP contribution is -2.35. The van der Waals surface area contributed by atoms with Crippen LogP contribution in [0, 0.1) is 18.3 Å². The molecule has 2 aromatic heterocycles. The molecule has 130 valence electrons. The minimum Gasteiger partial charge on any atom is -0.323 e. The van der Waals surface area contributed by atoms with Crippen LogP contribution in [-0.4, -0.2) is 20.8 Å². The van der Waals surface area contributed by atoms with E-state index in [4.69, 9.17) is 12.2 Å². The van der Waals surface area contributed by atoms with Crippen molar-refractivity contribution in [2.45, 2.75) is 32.6 Å². The van der Waals surface area contributed by atoms with Crippen molar-refractivity contribution in [3.63, 3.8) is 0 Å². The number of nitriles is 1. The molecule has 2 heterocycles. The number of carbonyl (C=O) groups excluding carboxylic acids is 1. The largest absolute Gasteiger partial charge is 0.323 e. The van der Waals surface area contributed by atoms with E-state index in [1.807, 2.05) is 6.92 Å². The normalized spacial score (nSPS) is 13.0. The molecule has 1 amide bonds. The third-order valence-corrected chi connectivity index (χ3v) is 6.46. The molecule has 9 heteroatoms. The van der Waals surface area contributed by atoms with Crippen LogP contribution in [0.2, 0.25) is 0 Å². The Bertz CT molecular complexity index is 909. The van der Waals surface area contributed by atoms with Gasteiger partial charge in [-0.05, 0) is 66.3 Å².